The highest BCUT2D eigenvalue weighted by Gasteiger charge is 2.24. The Morgan fingerprint density at radius 2 is 1.70 bits per heavy atom. The van der Waals surface area contributed by atoms with Crippen molar-refractivity contribution in [2.45, 2.75) is 76.9 Å². The molecule has 0 aromatic heterocycles. The fraction of sp³-hybridized carbons (Fsp3) is 0.650. The van der Waals surface area contributed by atoms with E-state index in [2.05, 4.69) is 36.5 Å². The van der Waals surface area contributed by atoms with Crippen molar-refractivity contribution in [2.75, 3.05) is 6.54 Å². The number of benzene rings is 1. The highest BCUT2D eigenvalue weighted by molar-refractivity contribution is 5.76. The Kier molecular flexibility index (Phi) is 5.71. The quantitative estimate of drug-likeness (QED) is 0.917. The Balaban J connectivity index is 1.53. The number of hydrogen-bond acceptors (Lipinski definition) is 2. The van der Waals surface area contributed by atoms with Gasteiger partial charge in [-0.3, -0.25) is 4.79 Å². The van der Waals surface area contributed by atoms with Crippen LogP contribution in [0.4, 0.5) is 0 Å². The Morgan fingerprint density at radius 1 is 1.00 bits per heavy atom. The second kappa shape index (κ2) is 7.96. The first-order chi connectivity index (χ1) is 11.2. The van der Waals surface area contributed by atoms with Crippen LogP contribution in [0.2, 0.25) is 0 Å². The van der Waals surface area contributed by atoms with Gasteiger partial charge in [-0.2, -0.15) is 0 Å². The molecule has 0 bridgehead atoms. The summed E-state index contributed by atoms with van der Waals surface area (Å²) in [6, 6.07) is 9.75. The number of hydrogen-bond donors (Lipinski definition) is 1. The Morgan fingerprint density at radius 3 is 2.43 bits per heavy atom. The fourth-order valence-corrected chi connectivity index (χ4v) is 3.89. The molecule has 1 aliphatic carbocycles. The minimum atomic E-state index is 0.318. The zero-order valence-electron chi connectivity index (χ0n) is 14.4. The van der Waals surface area contributed by atoms with E-state index in [1.807, 2.05) is 4.90 Å². The van der Waals surface area contributed by atoms with E-state index in [9.17, 15) is 4.79 Å². The van der Waals surface area contributed by atoms with Gasteiger partial charge >= 0.3 is 0 Å². The van der Waals surface area contributed by atoms with Crippen molar-refractivity contribution in [1.29, 1.82) is 0 Å². The summed E-state index contributed by atoms with van der Waals surface area (Å²) in [5.74, 6) is 0.318. The predicted octanol–water partition coefficient (Wildman–Crippen LogP) is 3.80. The van der Waals surface area contributed by atoms with Gasteiger partial charge in [0.25, 0.3) is 0 Å². The molecule has 0 radical (unpaired) electrons. The maximum Gasteiger partial charge on any atom is 0.222 e. The molecule has 1 aromatic carbocycles. The maximum absolute atomic E-state index is 12.4. The van der Waals surface area contributed by atoms with Gasteiger partial charge in [-0.05, 0) is 38.2 Å². The molecule has 3 nitrogen and oxygen atoms in total. The first kappa shape index (κ1) is 16.5. The van der Waals surface area contributed by atoms with Gasteiger partial charge in [0.05, 0.1) is 0 Å². The molecule has 3 rings (SSSR count). The molecule has 1 saturated heterocycles. The van der Waals surface area contributed by atoms with Crippen molar-refractivity contribution in [3.05, 3.63) is 35.4 Å². The molecular formula is C20H30N2O. The van der Waals surface area contributed by atoms with E-state index < -0.39 is 0 Å². The number of aryl methyl sites for hydroxylation is 1. The van der Waals surface area contributed by atoms with Crippen molar-refractivity contribution in [3.8, 4) is 0 Å². The number of carbonyl (C=O) groups is 1. The second-order valence-corrected chi connectivity index (χ2v) is 7.33. The highest BCUT2D eigenvalue weighted by atomic mass is 16.2. The van der Waals surface area contributed by atoms with Gasteiger partial charge in [0.1, 0.15) is 0 Å². The van der Waals surface area contributed by atoms with Gasteiger partial charge in [-0.15, -0.1) is 0 Å². The predicted molar refractivity (Wildman–Crippen MR) is 94.2 cm³/mol. The molecule has 1 heterocycles. The van der Waals surface area contributed by atoms with E-state index >= 15 is 0 Å². The third-order valence-electron chi connectivity index (χ3n) is 5.38. The minimum Gasteiger partial charge on any atom is -0.338 e. The van der Waals surface area contributed by atoms with E-state index in [0.717, 1.165) is 25.9 Å². The lowest BCUT2D eigenvalue weighted by Gasteiger charge is -2.28. The van der Waals surface area contributed by atoms with Crippen LogP contribution in [-0.4, -0.2) is 29.4 Å². The van der Waals surface area contributed by atoms with Crippen LogP contribution in [0.1, 0.15) is 62.5 Å². The molecule has 1 amide bonds. The van der Waals surface area contributed by atoms with Gasteiger partial charge in [-0.25, -0.2) is 0 Å². The SMILES string of the molecule is Cc1ccc(CN2CCC(NC3CCCCC3)CCC2=O)cc1. The Hall–Kier alpha value is -1.35. The van der Waals surface area contributed by atoms with Crippen LogP contribution in [0.3, 0.4) is 0 Å². The molecule has 1 N–H and O–H groups in total. The third-order valence-corrected chi connectivity index (χ3v) is 5.38. The number of amides is 1. The molecule has 1 aromatic rings. The normalized spacial score (nSPS) is 23.8. The van der Waals surface area contributed by atoms with Crippen LogP contribution in [0.5, 0.6) is 0 Å². The first-order valence-electron chi connectivity index (χ1n) is 9.30. The molecular weight excluding hydrogens is 284 g/mol. The molecule has 2 fully saturated rings. The zero-order chi connectivity index (χ0) is 16.1. The fourth-order valence-electron chi connectivity index (χ4n) is 3.89. The van der Waals surface area contributed by atoms with E-state index in [4.69, 9.17) is 0 Å². The molecule has 1 atom stereocenters. The van der Waals surface area contributed by atoms with Crippen LogP contribution in [-0.2, 0) is 11.3 Å². The van der Waals surface area contributed by atoms with Crippen LogP contribution in [0.25, 0.3) is 0 Å². The zero-order valence-corrected chi connectivity index (χ0v) is 14.4. The number of rotatable bonds is 4. The number of nitrogens with zero attached hydrogens (tertiary/aromatic N) is 1. The lowest BCUT2D eigenvalue weighted by molar-refractivity contribution is -0.131. The lowest BCUT2D eigenvalue weighted by atomic mass is 9.94. The topological polar surface area (TPSA) is 32.3 Å². The van der Waals surface area contributed by atoms with Crippen molar-refractivity contribution >= 4 is 5.91 Å². The van der Waals surface area contributed by atoms with E-state index in [1.54, 1.807) is 0 Å². The largest absolute Gasteiger partial charge is 0.338 e. The summed E-state index contributed by atoms with van der Waals surface area (Å²) in [6.07, 6.45) is 9.54. The Labute approximate surface area is 140 Å². The summed E-state index contributed by atoms with van der Waals surface area (Å²) in [5, 5.41) is 3.83. The van der Waals surface area contributed by atoms with Crippen LogP contribution >= 0.6 is 0 Å². The summed E-state index contributed by atoms with van der Waals surface area (Å²) in [6.45, 7) is 3.74. The second-order valence-electron chi connectivity index (χ2n) is 7.33. The van der Waals surface area contributed by atoms with Gasteiger partial charge in [0.15, 0.2) is 0 Å². The molecule has 2 aliphatic rings. The highest BCUT2D eigenvalue weighted by Crippen LogP contribution is 2.21. The van der Waals surface area contributed by atoms with Gasteiger partial charge < -0.3 is 10.2 Å². The summed E-state index contributed by atoms with van der Waals surface area (Å²) < 4.78 is 0. The van der Waals surface area contributed by atoms with Crippen LogP contribution in [0, 0.1) is 6.92 Å². The summed E-state index contributed by atoms with van der Waals surface area (Å²) in [5.41, 5.74) is 2.51. The summed E-state index contributed by atoms with van der Waals surface area (Å²) in [4.78, 5) is 14.5. The van der Waals surface area contributed by atoms with E-state index in [-0.39, 0.29) is 0 Å². The molecule has 126 valence electrons. The molecule has 1 aliphatic heterocycles. The molecule has 1 unspecified atom stereocenters. The monoisotopic (exact) mass is 314 g/mol. The van der Waals surface area contributed by atoms with Crippen LogP contribution in [0.15, 0.2) is 24.3 Å². The average Bonchev–Trinajstić information content (AvgIpc) is 2.74. The number of carbonyl (C=O) groups excluding carboxylic acids is 1. The minimum absolute atomic E-state index is 0.318. The average molecular weight is 314 g/mol. The molecule has 23 heavy (non-hydrogen) atoms. The standard InChI is InChI=1S/C20H30N2O/c1-16-7-9-17(10-8-16)15-22-14-13-19(11-12-20(22)23)21-18-5-3-2-4-6-18/h7-10,18-19,21H,2-6,11-15H2,1H3. The molecule has 1 saturated carbocycles. The van der Waals surface area contributed by atoms with Crippen molar-refractivity contribution in [3.63, 3.8) is 0 Å². The van der Waals surface area contributed by atoms with Gasteiger partial charge in [0, 0.05) is 31.6 Å². The van der Waals surface area contributed by atoms with E-state index in [1.165, 1.54) is 43.2 Å². The van der Waals surface area contributed by atoms with Gasteiger partial charge in [0.2, 0.25) is 5.91 Å². The van der Waals surface area contributed by atoms with Crippen molar-refractivity contribution < 1.29 is 4.79 Å². The maximum atomic E-state index is 12.4. The first-order valence-corrected chi connectivity index (χ1v) is 9.30. The van der Waals surface area contributed by atoms with Gasteiger partial charge in [-0.1, -0.05) is 49.1 Å². The third kappa shape index (κ3) is 4.81. The summed E-state index contributed by atoms with van der Waals surface area (Å²) >= 11 is 0. The van der Waals surface area contributed by atoms with Crippen molar-refractivity contribution in [1.82, 2.24) is 10.2 Å². The molecule has 3 heteroatoms. The lowest BCUT2D eigenvalue weighted by Crippen LogP contribution is -2.40. The van der Waals surface area contributed by atoms with Crippen LogP contribution < -0.4 is 5.32 Å². The smallest absolute Gasteiger partial charge is 0.222 e. The summed E-state index contributed by atoms with van der Waals surface area (Å²) in [7, 11) is 0. The van der Waals surface area contributed by atoms with E-state index in [0.29, 0.717) is 24.4 Å². The molecule has 0 spiro atoms. The Bertz CT molecular complexity index is 505. The number of likely N-dealkylation sites (tertiary alicyclic amines) is 1. The van der Waals surface area contributed by atoms with Crippen molar-refractivity contribution in [2.24, 2.45) is 0 Å². The number of nitrogens with one attached hydrogen (secondary N) is 1.